The van der Waals surface area contributed by atoms with E-state index < -0.39 is 0 Å². The van der Waals surface area contributed by atoms with E-state index in [1.54, 1.807) is 19.2 Å². The number of carbonyl (C=O) groups is 1. The number of hydrogen-bond donors (Lipinski definition) is 2. The minimum Gasteiger partial charge on any atom is -0.378 e. The van der Waals surface area contributed by atoms with Crippen LogP contribution in [-0.4, -0.2) is 60.7 Å². The Bertz CT molecular complexity index is 1120. The van der Waals surface area contributed by atoms with E-state index in [2.05, 4.69) is 30.7 Å². The van der Waals surface area contributed by atoms with Crippen molar-refractivity contribution in [2.75, 3.05) is 44.8 Å². The molecule has 0 bridgehead atoms. The lowest BCUT2D eigenvalue weighted by molar-refractivity contribution is 0.122. The third kappa shape index (κ3) is 5.29. The van der Waals surface area contributed by atoms with Crippen molar-refractivity contribution in [1.29, 1.82) is 0 Å². The Balaban J connectivity index is 1.64. The van der Waals surface area contributed by atoms with E-state index in [9.17, 15) is 9.18 Å². The Hall–Kier alpha value is -3.31. The molecular weight excluding hydrogens is 433 g/mol. The van der Waals surface area contributed by atoms with Gasteiger partial charge >= 0.3 is 6.03 Å². The highest BCUT2D eigenvalue weighted by molar-refractivity contribution is 7.07. The van der Waals surface area contributed by atoms with Crippen molar-refractivity contribution in [3.05, 3.63) is 52.4 Å². The molecule has 0 atom stereocenters. The average molecular weight is 458 g/mol. The molecule has 2 N–H and O–H groups in total. The second-order valence-electron chi connectivity index (χ2n) is 7.03. The van der Waals surface area contributed by atoms with E-state index >= 15 is 0 Å². The molecule has 4 rings (SSSR count). The topological polar surface area (TPSA) is 96.7 Å². The highest BCUT2D eigenvalue weighted by Gasteiger charge is 2.15. The van der Waals surface area contributed by atoms with Crippen LogP contribution in [0.2, 0.25) is 0 Å². The molecule has 0 aliphatic carbocycles. The lowest BCUT2D eigenvalue weighted by atomic mass is 10.3. The fourth-order valence-corrected chi connectivity index (χ4v) is 4.23. The summed E-state index contributed by atoms with van der Waals surface area (Å²) >= 11 is 1.42. The summed E-state index contributed by atoms with van der Waals surface area (Å²) in [7, 11) is 1.56. The minimum absolute atomic E-state index is 0.263. The van der Waals surface area contributed by atoms with Crippen molar-refractivity contribution < 1.29 is 13.9 Å². The van der Waals surface area contributed by atoms with Gasteiger partial charge in [-0.15, -0.1) is 21.5 Å². The Morgan fingerprint density at radius 1 is 1.25 bits per heavy atom. The predicted molar refractivity (Wildman–Crippen MR) is 120 cm³/mol. The number of ether oxygens (including phenoxy) is 1. The second-order valence-corrected chi connectivity index (χ2v) is 7.87. The molecule has 0 spiro atoms. The number of anilines is 1. The summed E-state index contributed by atoms with van der Waals surface area (Å²) in [5, 5.41) is 16.1. The van der Waals surface area contributed by atoms with Crippen molar-refractivity contribution in [1.82, 2.24) is 25.4 Å². The Morgan fingerprint density at radius 2 is 2.09 bits per heavy atom. The molecule has 1 fully saturated rings. The number of thiazole rings is 1. The zero-order chi connectivity index (χ0) is 22.3. The zero-order valence-corrected chi connectivity index (χ0v) is 18.4. The number of nitrogens with zero attached hydrogens (tertiary/aromatic N) is 5. The molecule has 2 aromatic heterocycles. The number of morpholine rings is 1. The van der Waals surface area contributed by atoms with Crippen LogP contribution in [-0.2, 0) is 11.3 Å². The van der Waals surface area contributed by atoms with Crippen LogP contribution in [0, 0.1) is 5.82 Å². The molecule has 3 heterocycles. The quantitative estimate of drug-likeness (QED) is 0.591. The first-order chi connectivity index (χ1) is 15.6. The summed E-state index contributed by atoms with van der Waals surface area (Å²) in [6, 6.07) is 9.73. The summed E-state index contributed by atoms with van der Waals surface area (Å²) in [5.41, 5.74) is 2.03. The van der Waals surface area contributed by atoms with Crippen LogP contribution in [0.15, 0.2) is 46.8 Å². The average Bonchev–Trinajstić information content (AvgIpc) is 3.22. The van der Waals surface area contributed by atoms with Gasteiger partial charge in [0.2, 0.25) is 0 Å². The van der Waals surface area contributed by atoms with Crippen LogP contribution >= 0.6 is 11.3 Å². The van der Waals surface area contributed by atoms with Crippen molar-refractivity contribution >= 4 is 28.9 Å². The number of aromatic nitrogens is 3. The summed E-state index contributed by atoms with van der Waals surface area (Å²) in [4.78, 5) is 19.0. The van der Waals surface area contributed by atoms with Gasteiger partial charge in [-0.25, -0.2) is 14.2 Å². The normalized spacial score (nSPS) is 14.4. The first-order valence-electron chi connectivity index (χ1n) is 10.2. The van der Waals surface area contributed by atoms with Crippen LogP contribution in [0.5, 0.6) is 0 Å². The predicted octanol–water partition coefficient (Wildman–Crippen LogP) is 2.14. The third-order valence-corrected chi connectivity index (χ3v) is 5.79. The van der Waals surface area contributed by atoms with Gasteiger partial charge in [-0.2, -0.15) is 0 Å². The van der Waals surface area contributed by atoms with E-state index in [0.29, 0.717) is 42.5 Å². The fourth-order valence-electron chi connectivity index (χ4n) is 3.29. The Morgan fingerprint density at radius 3 is 2.81 bits per heavy atom. The lowest BCUT2D eigenvalue weighted by Gasteiger charge is -2.27. The molecule has 9 nitrogen and oxygen atoms in total. The van der Waals surface area contributed by atoms with Gasteiger partial charge < -0.3 is 24.8 Å². The molecule has 1 aromatic carbocycles. The molecule has 1 aliphatic rings. The number of urea groups is 1. The molecule has 1 aliphatic heterocycles. The molecule has 2 amide bonds. The SMILES string of the molecule is CNC(=O)NCCn1c(-c2ccc(N3CCOCC3)nn2)csc1=Nc1cccc(F)c1. The van der Waals surface area contributed by atoms with Gasteiger partial charge in [-0.05, 0) is 30.3 Å². The maximum atomic E-state index is 13.6. The van der Waals surface area contributed by atoms with Crippen molar-refractivity contribution in [2.45, 2.75) is 6.54 Å². The molecule has 11 heteroatoms. The first-order valence-corrected chi connectivity index (χ1v) is 11.1. The van der Waals surface area contributed by atoms with Crippen LogP contribution < -0.4 is 20.3 Å². The molecular formula is C21H24FN7O2S. The van der Waals surface area contributed by atoms with Crippen molar-refractivity contribution in [3.8, 4) is 11.4 Å². The number of nitrogens with one attached hydrogen (secondary N) is 2. The summed E-state index contributed by atoms with van der Waals surface area (Å²) in [5.74, 6) is 0.463. The van der Waals surface area contributed by atoms with Crippen LogP contribution in [0.3, 0.4) is 0 Å². The van der Waals surface area contributed by atoms with Gasteiger partial charge in [0.15, 0.2) is 10.6 Å². The van der Waals surface area contributed by atoms with Crippen molar-refractivity contribution in [2.24, 2.45) is 4.99 Å². The van der Waals surface area contributed by atoms with Crippen LogP contribution in [0.4, 0.5) is 20.7 Å². The smallest absolute Gasteiger partial charge is 0.314 e. The van der Waals surface area contributed by atoms with Crippen molar-refractivity contribution in [3.63, 3.8) is 0 Å². The number of hydrogen-bond acceptors (Lipinski definition) is 7. The molecule has 32 heavy (non-hydrogen) atoms. The zero-order valence-electron chi connectivity index (χ0n) is 17.6. The number of benzene rings is 1. The molecule has 0 unspecified atom stereocenters. The van der Waals surface area contributed by atoms with Gasteiger partial charge in [0, 0.05) is 38.6 Å². The highest BCUT2D eigenvalue weighted by atomic mass is 32.1. The summed E-state index contributed by atoms with van der Waals surface area (Å²) in [6.45, 7) is 3.78. The van der Waals surface area contributed by atoms with Gasteiger partial charge in [0.05, 0.1) is 24.6 Å². The highest BCUT2D eigenvalue weighted by Crippen LogP contribution is 2.21. The van der Waals surface area contributed by atoms with Crippen LogP contribution in [0.25, 0.3) is 11.4 Å². The maximum Gasteiger partial charge on any atom is 0.314 e. The Labute approximate surface area is 188 Å². The fraction of sp³-hybridized carbons (Fsp3) is 0.333. The van der Waals surface area contributed by atoms with Crippen LogP contribution in [0.1, 0.15) is 0 Å². The van der Waals surface area contributed by atoms with Gasteiger partial charge in [0.1, 0.15) is 11.5 Å². The maximum absolute atomic E-state index is 13.6. The van der Waals surface area contributed by atoms with E-state index in [4.69, 9.17) is 4.74 Å². The van der Waals surface area contributed by atoms with E-state index in [-0.39, 0.29) is 11.8 Å². The standard InChI is InChI=1S/C21H24FN7O2S/c1-23-20(30)24-7-8-29-18(14-32-21(29)25-16-4-2-3-15(22)13-16)17-5-6-19(27-26-17)28-9-11-31-12-10-28/h2-6,13-14H,7-12H2,1H3,(H2,23,24,30). The molecule has 0 radical (unpaired) electrons. The van der Waals surface area contributed by atoms with E-state index in [1.165, 1.54) is 23.5 Å². The molecule has 168 valence electrons. The van der Waals surface area contributed by atoms with E-state index in [0.717, 1.165) is 24.6 Å². The molecule has 0 saturated carbocycles. The molecule has 1 saturated heterocycles. The van der Waals surface area contributed by atoms with Gasteiger partial charge in [-0.3, -0.25) is 0 Å². The second kappa shape index (κ2) is 10.3. The number of rotatable bonds is 6. The minimum atomic E-state index is -0.347. The molecule has 3 aromatic rings. The number of carbonyl (C=O) groups excluding carboxylic acids is 1. The Kier molecular flexibility index (Phi) is 7.07. The first kappa shape index (κ1) is 21.9. The monoisotopic (exact) mass is 457 g/mol. The largest absolute Gasteiger partial charge is 0.378 e. The summed E-state index contributed by atoms with van der Waals surface area (Å²) in [6.07, 6.45) is 0. The van der Waals surface area contributed by atoms with Gasteiger partial charge in [-0.1, -0.05) is 6.07 Å². The summed E-state index contributed by atoms with van der Waals surface area (Å²) < 4.78 is 21.0. The third-order valence-electron chi connectivity index (χ3n) is 4.93. The lowest BCUT2D eigenvalue weighted by Crippen LogP contribution is -2.36. The number of halogens is 1. The number of amides is 2. The van der Waals surface area contributed by atoms with Gasteiger partial charge in [0.25, 0.3) is 0 Å². The van der Waals surface area contributed by atoms with E-state index in [1.807, 2.05) is 22.1 Å².